The van der Waals surface area contributed by atoms with Gasteiger partial charge >= 0.3 is 0 Å². The SMILES string of the molecule is N=C(N)N(N=NN)c1nn[nH]n1. The van der Waals surface area contributed by atoms with Crippen LogP contribution in [0.2, 0.25) is 0 Å². The minimum atomic E-state index is -0.411. The van der Waals surface area contributed by atoms with Gasteiger partial charge in [-0.25, -0.2) is 0 Å². The molecule has 0 spiro atoms. The quantitative estimate of drug-likeness (QED) is 0.134. The molecule has 0 radical (unpaired) electrons. The van der Waals surface area contributed by atoms with E-state index < -0.39 is 5.96 Å². The molecule has 12 heavy (non-hydrogen) atoms. The van der Waals surface area contributed by atoms with Gasteiger partial charge in [-0.3, -0.25) is 5.41 Å². The highest BCUT2D eigenvalue weighted by molar-refractivity contribution is 5.89. The first-order valence-electron chi connectivity index (χ1n) is 2.74. The monoisotopic (exact) mass is 170 g/mol. The molecule has 0 aliphatic heterocycles. The average Bonchev–Trinajstić information content (AvgIpc) is 2.51. The van der Waals surface area contributed by atoms with Crippen LogP contribution in [0.4, 0.5) is 5.95 Å². The number of anilines is 1. The molecule has 10 heteroatoms. The molecular weight excluding hydrogens is 164 g/mol. The molecule has 1 rings (SSSR count). The standard InChI is InChI=1S/C2H6N10/c3-1(4)12(11-8-5)2-6-9-10-7-2/h(H3,3,4)(H2,5,11)(H,6,7,9,10). The van der Waals surface area contributed by atoms with E-state index in [1.54, 1.807) is 0 Å². The van der Waals surface area contributed by atoms with Crippen LogP contribution < -0.4 is 16.6 Å². The van der Waals surface area contributed by atoms with Crippen LogP contribution in [-0.2, 0) is 0 Å². The molecule has 0 aliphatic rings. The number of nitrogens with one attached hydrogen (secondary N) is 2. The van der Waals surface area contributed by atoms with Crippen molar-refractivity contribution in [3.05, 3.63) is 0 Å². The highest BCUT2D eigenvalue weighted by Gasteiger charge is 2.12. The highest BCUT2D eigenvalue weighted by atomic mass is 15.7. The van der Waals surface area contributed by atoms with Gasteiger partial charge in [-0.1, -0.05) is 10.3 Å². The number of nitrogens with two attached hydrogens (primary N) is 2. The van der Waals surface area contributed by atoms with Crippen LogP contribution in [0.3, 0.4) is 0 Å². The second kappa shape index (κ2) is 3.23. The first-order chi connectivity index (χ1) is 5.75. The maximum Gasteiger partial charge on any atom is 0.294 e. The Labute approximate surface area is 66.1 Å². The van der Waals surface area contributed by atoms with E-state index in [0.29, 0.717) is 0 Å². The summed E-state index contributed by atoms with van der Waals surface area (Å²) in [5.74, 6) is 4.34. The lowest BCUT2D eigenvalue weighted by molar-refractivity contribution is 0.878. The number of H-pyrrole nitrogens is 1. The topological polar surface area (TPSA) is 158 Å². The van der Waals surface area contributed by atoms with E-state index in [4.69, 9.17) is 17.0 Å². The molecule has 10 nitrogen and oxygen atoms in total. The van der Waals surface area contributed by atoms with Crippen molar-refractivity contribution in [3.63, 3.8) is 0 Å². The maximum atomic E-state index is 7.00. The van der Waals surface area contributed by atoms with Gasteiger partial charge in [-0.15, -0.1) is 10.1 Å². The van der Waals surface area contributed by atoms with E-state index in [-0.39, 0.29) is 5.95 Å². The molecule has 0 saturated carbocycles. The minimum Gasteiger partial charge on any atom is -0.368 e. The molecule has 0 bridgehead atoms. The van der Waals surface area contributed by atoms with Gasteiger partial charge in [0.05, 0.1) is 0 Å². The predicted molar refractivity (Wildman–Crippen MR) is 37.6 cm³/mol. The number of nitrogens with zero attached hydrogens (tertiary/aromatic N) is 6. The van der Waals surface area contributed by atoms with Crippen molar-refractivity contribution < 1.29 is 0 Å². The molecule has 0 atom stereocenters. The predicted octanol–water partition coefficient (Wildman–Crippen LogP) is -1.86. The number of tetrazole rings is 1. The van der Waals surface area contributed by atoms with E-state index in [0.717, 1.165) is 5.01 Å². The number of rotatable bonds is 2. The van der Waals surface area contributed by atoms with Gasteiger partial charge in [0.1, 0.15) is 0 Å². The van der Waals surface area contributed by atoms with Crippen molar-refractivity contribution in [2.45, 2.75) is 0 Å². The smallest absolute Gasteiger partial charge is 0.294 e. The Bertz CT molecular complexity index is 270. The van der Waals surface area contributed by atoms with Gasteiger partial charge in [-0.05, 0) is 10.4 Å². The lowest BCUT2D eigenvalue weighted by Gasteiger charge is -2.07. The zero-order valence-corrected chi connectivity index (χ0v) is 5.84. The molecule has 64 valence electrons. The Morgan fingerprint density at radius 1 is 1.67 bits per heavy atom. The largest absolute Gasteiger partial charge is 0.368 e. The summed E-state index contributed by atoms with van der Waals surface area (Å²) >= 11 is 0. The molecule has 6 N–H and O–H groups in total. The van der Waals surface area contributed by atoms with Crippen molar-refractivity contribution in [3.8, 4) is 0 Å². The van der Waals surface area contributed by atoms with E-state index >= 15 is 0 Å². The van der Waals surface area contributed by atoms with Crippen LogP contribution in [-0.4, -0.2) is 26.6 Å². The zero-order valence-electron chi connectivity index (χ0n) is 5.84. The Morgan fingerprint density at radius 2 is 2.42 bits per heavy atom. The fourth-order valence-electron chi connectivity index (χ4n) is 0.494. The van der Waals surface area contributed by atoms with E-state index in [9.17, 15) is 0 Å². The summed E-state index contributed by atoms with van der Waals surface area (Å²) in [6, 6.07) is 0. The molecule has 0 aromatic carbocycles. The van der Waals surface area contributed by atoms with E-state index in [2.05, 4.69) is 31.1 Å². The first-order valence-corrected chi connectivity index (χ1v) is 2.74. The van der Waals surface area contributed by atoms with Crippen molar-refractivity contribution in [1.29, 1.82) is 5.41 Å². The summed E-state index contributed by atoms with van der Waals surface area (Å²) in [5.41, 5.74) is 5.09. The molecule has 0 saturated heterocycles. The second-order valence-electron chi connectivity index (χ2n) is 1.61. The lowest BCUT2D eigenvalue weighted by Crippen LogP contribution is -2.32. The van der Waals surface area contributed by atoms with Crippen molar-refractivity contribution in [1.82, 2.24) is 20.6 Å². The molecular formula is C2H6N10. The van der Waals surface area contributed by atoms with Gasteiger partial charge in [0, 0.05) is 0 Å². The minimum absolute atomic E-state index is 0.00306. The first kappa shape index (κ1) is 7.84. The summed E-state index contributed by atoms with van der Waals surface area (Å²) in [6.45, 7) is 0. The Balaban J connectivity index is 2.88. The molecule has 0 unspecified atom stereocenters. The van der Waals surface area contributed by atoms with Gasteiger partial charge in [-0.2, -0.15) is 5.21 Å². The van der Waals surface area contributed by atoms with E-state index in [1.165, 1.54) is 0 Å². The zero-order chi connectivity index (χ0) is 8.97. The van der Waals surface area contributed by atoms with Crippen LogP contribution in [0.25, 0.3) is 0 Å². The van der Waals surface area contributed by atoms with Crippen LogP contribution in [0.15, 0.2) is 10.4 Å². The number of hydrogen-bond donors (Lipinski definition) is 4. The number of guanidine groups is 1. The van der Waals surface area contributed by atoms with E-state index in [1.807, 2.05) is 0 Å². The van der Waals surface area contributed by atoms with Gasteiger partial charge in [0.2, 0.25) is 5.96 Å². The third kappa shape index (κ3) is 1.42. The number of aromatic nitrogens is 4. The molecule has 1 aromatic rings. The number of hydrogen-bond acceptors (Lipinski definition) is 6. The van der Waals surface area contributed by atoms with Crippen LogP contribution in [0.5, 0.6) is 0 Å². The Hall–Kier alpha value is -2.26. The molecule has 1 aromatic heterocycles. The van der Waals surface area contributed by atoms with Gasteiger partial charge < -0.3 is 11.6 Å². The van der Waals surface area contributed by atoms with Gasteiger partial charge in [0.25, 0.3) is 5.95 Å². The Kier molecular flexibility index (Phi) is 2.11. The second-order valence-corrected chi connectivity index (χ2v) is 1.61. The Morgan fingerprint density at radius 3 is 2.83 bits per heavy atom. The average molecular weight is 170 g/mol. The molecule has 0 fully saturated rings. The summed E-state index contributed by atoms with van der Waals surface area (Å²) < 4.78 is 0. The van der Waals surface area contributed by atoms with Crippen LogP contribution in [0.1, 0.15) is 0 Å². The van der Waals surface area contributed by atoms with Crippen molar-refractivity contribution >= 4 is 11.9 Å². The van der Waals surface area contributed by atoms with Crippen LogP contribution >= 0.6 is 0 Å². The summed E-state index contributed by atoms with van der Waals surface area (Å²) in [4.78, 5) is 0. The maximum absolute atomic E-state index is 7.00. The van der Waals surface area contributed by atoms with Crippen LogP contribution in [0, 0.1) is 5.41 Å². The molecule has 1 heterocycles. The number of aromatic amines is 1. The van der Waals surface area contributed by atoms with Crippen molar-refractivity contribution in [2.24, 2.45) is 22.0 Å². The summed E-state index contributed by atoms with van der Waals surface area (Å²) in [5, 5.41) is 26.4. The van der Waals surface area contributed by atoms with Crippen molar-refractivity contribution in [2.75, 3.05) is 5.01 Å². The third-order valence-corrected chi connectivity index (χ3v) is 0.893. The fourth-order valence-corrected chi connectivity index (χ4v) is 0.494. The molecule has 0 aliphatic carbocycles. The normalized spacial score (nSPS) is 10.3. The summed E-state index contributed by atoms with van der Waals surface area (Å²) in [6.07, 6.45) is 0. The fraction of sp³-hybridized carbons (Fsp3) is 0. The summed E-state index contributed by atoms with van der Waals surface area (Å²) in [7, 11) is 0. The lowest BCUT2D eigenvalue weighted by atomic mass is 10.8. The van der Waals surface area contributed by atoms with Gasteiger partial charge in [0.15, 0.2) is 0 Å². The molecule has 0 amide bonds. The third-order valence-electron chi connectivity index (χ3n) is 0.893. The highest BCUT2D eigenvalue weighted by Crippen LogP contribution is 2.01.